The number of carboxylic acid groups (broad SMARTS) is 1. The van der Waals surface area contributed by atoms with Gasteiger partial charge in [-0.25, -0.2) is 4.79 Å². The highest BCUT2D eigenvalue weighted by atomic mass is 16.4. The molecule has 0 radical (unpaired) electrons. The van der Waals surface area contributed by atoms with Crippen molar-refractivity contribution < 1.29 is 14.3 Å². The van der Waals surface area contributed by atoms with Gasteiger partial charge < -0.3 is 9.52 Å². The molecule has 0 unspecified atom stereocenters. The Kier molecular flexibility index (Phi) is 3.06. The van der Waals surface area contributed by atoms with Gasteiger partial charge in [0, 0.05) is 6.42 Å². The predicted molar refractivity (Wildman–Crippen MR) is 46.9 cm³/mol. The van der Waals surface area contributed by atoms with Gasteiger partial charge in [-0.2, -0.15) is 4.68 Å². The Morgan fingerprint density at radius 3 is 2.79 bits per heavy atom. The minimum atomic E-state index is -1.11. The highest BCUT2D eigenvalue weighted by Crippen LogP contribution is 2.02. The Bertz CT molecular complexity index is 377. The van der Waals surface area contributed by atoms with Crippen LogP contribution in [0.4, 0.5) is 0 Å². The fraction of sp³-hybridized carbons (Fsp3) is 0.625. The summed E-state index contributed by atoms with van der Waals surface area (Å²) in [6.07, 6.45) is 0.530. The molecule has 0 saturated carbocycles. The number of hydrogen-bond donors (Lipinski definition) is 1. The minimum absolute atomic E-state index is 0.284. The summed E-state index contributed by atoms with van der Waals surface area (Å²) in [5.74, 6) is -1.24. The van der Waals surface area contributed by atoms with Gasteiger partial charge in [-0.05, 0) is 5.92 Å². The average molecular weight is 200 g/mol. The molecule has 1 heterocycles. The van der Waals surface area contributed by atoms with Crippen molar-refractivity contribution in [3.63, 3.8) is 0 Å². The summed E-state index contributed by atoms with van der Waals surface area (Å²) in [6.45, 7) is 3.45. The zero-order chi connectivity index (χ0) is 10.7. The second-order valence-electron chi connectivity index (χ2n) is 3.41. The first-order valence-corrected chi connectivity index (χ1v) is 4.27. The molecule has 6 heteroatoms. The lowest BCUT2D eigenvalue weighted by molar-refractivity contribution is -0.138. The van der Waals surface area contributed by atoms with Gasteiger partial charge in [0.05, 0.1) is 0 Å². The Balaban J connectivity index is 2.82. The van der Waals surface area contributed by atoms with E-state index in [0.29, 0.717) is 12.3 Å². The average Bonchev–Trinajstić information content (AvgIpc) is 2.28. The van der Waals surface area contributed by atoms with Crippen molar-refractivity contribution in [3.05, 3.63) is 16.4 Å². The van der Waals surface area contributed by atoms with Crippen LogP contribution < -0.4 is 5.76 Å². The van der Waals surface area contributed by atoms with Gasteiger partial charge in [0.15, 0.2) is 0 Å². The minimum Gasteiger partial charge on any atom is -0.480 e. The fourth-order valence-electron chi connectivity index (χ4n) is 1.01. The Hall–Kier alpha value is -1.59. The van der Waals surface area contributed by atoms with Crippen LogP contribution in [0, 0.1) is 5.92 Å². The first-order valence-electron chi connectivity index (χ1n) is 4.27. The van der Waals surface area contributed by atoms with Crippen molar-refractivity contribution in [2.24, 2.45) is 5.92 Å². The van der Waals surface area contributed by atoms with Crippen molar-refractivity contribution in [1.82, 2.24) is 9.78 Å². The molecule has 0 amide bonds. The lowest BCUT2D eigenvalue weighted by Gasteiger charge is -1.96. The number of aliphatic carboxylic acids is 1. The number of carbonyl (C=O) groups is 1. The molecule has 0 aromatic carbocycles. The molecule has 0 bridgehead atoms. The van der Waals surface area contributed by atoms with Crippen LogP contribution in [0.2, 0.25) is 0 Å². The number of hydrogen-bond acceptors (Lipinski definition) is 4. The largest absolute Gasteiger partial charge is 0.480 e. The second kappa shape index (κ2) is 4.08. The summed E-state index contributed by atoms with van der Waals surface area (Å²) in [5.41, 5.74) is 0. The van der Waals surface area contributed by atoms with Gasteiger partial charge >= 0.3 is 11.7 Å². The zero-order valence-corrected chi connectivity index (χ0v) is 8.06. The van der Waals surface area contributed by atoms with Crippen LogP contribution in [0.15, 0.2) is 9.21 Å². The van der Waals surface area contributed by atoms with Gasteiger partial charge in [0.2, 0.25) is 5.89 Å². The van der Waals surface area contributed by atoms with E-state index in [1.807, 2.05) is 13.8 Å². The first-order chi connectivity index (χ1) is 6.49. The van der Waals surface area contributed by atoms with Gasteiger partial charge in [-0.15, -0.1) is 5.10 Å². The molecule has 1 aromatic rings. The molecule has 78 valence electrons. The van der Waals surface area contributed by atoms with E-state index in [-0.39, 0.29) is 5.89 Å². The Morgan fingerprint density at radius 1 is 1.64 bits per heavy atom. The van der Waals surface area contributed by atoms with E-state index in [4.69, 9.17) is 9.52 Å². The molecule has 0 aliphatic rings. The monoisotopic (exact) mass is 200 g/mol. The van der Waals surface area contributed by atoms with Gasteiger partial charge in [-0.3, -0.25) is 4.79 Å². The maximum Gasteiger partial charge on any atom is 0.437 e. The number of aromatic nitrogens is 2. The molecule has 0 aliphatic carbocycles. The van der Waals surface area contributed by atoms with Crippen molar-refractivity contribution >= 4 is 5.97 Å². The summed E-state index contributed by atoms with van der Waals surface area (Å²) in [6, 6.07) is 0. The molecule has 0 saturated heterocycles. The number of nitrogens with zero attached hydrogens (tertiary/aromatic N) is 2. The normalized spacial score (nSPS) is 10.8. The Morgan fingerprint density at radius 2 is 2.29 bits per heavy atom. The lowest BCUT2D eigenvalue weighted by atomic mass is 10.1. The van der Waals surface area contributed by atoms with Crippen LogP contribution in [0.25, 0.3) is 0 Å². The lowest BCUT2D eigenvalue weighted by Crippen LogP contribution is -2.20. The van der Waals surface area contributed by atoms with E-state index in [1.54, 1.807) is 0 Å². The quantitative estimate of drug-likeness (QED) is 0.746. The summed E-state index contributed by atoms with van der Waals surface area (Å²) in [4.78, 5) is 21.3. The molecule has 6 nitrogen and oxygen atoms in total. The van der Waals surface area contributed by atoms with Crippen LogP contribution >= 0.6 is 0 Å². The van der Waals surface area contributed by atoms with Crippen LogP contribution in [0.1, 0.15) is 19.7 Å². The third kappa shape index (κ3) is 2.72. The molecule has 0 fully saturated rings. The fourth-order valence-corrected chi connectivity index (χ4v) is 1.01. The van der Waals surface area contributed by atoms with Crippen LogP contribution in [-0.4, -0.2) is 20.9 Å². The van der Waals surface area contributed by atoms with E-state index in [0.717, 1.165) is 4.68 Å². The smallest absolute Gasteiger partial charge is 0.437 e. The van der Waals surface area contributed by atoms with E-state index >= 15 is 0 Å². The van der Waals surface area contributed by atoms with Crippen molar-refractivity contribution in [3.8, 4) is 0 Å². The highest BCUT2D eigenvalue weighted by molar-refractivity contribution is 5.66. The molecule has 0 spiro atoms. The van der Waals surface area contributed by atoms with E-state index in [9.17, 15) is 9.59 Å². The maximum absolute atomic E-state index is 11.0. The van der Waals surface area contributed by atoms with Crippen LogP contribution in [0.3, 0.4) is 0 Å². The molecule has 1 N–H and O–H groups in total. The number of rotatable bonds is 4. The van der Waals surface area contributed by atoms with E-state index < -0.39 is 18.3 Å². The van der Waals surface area contributed by atoms with Gasteiger partial charge in [0.1, 0.15) is 6.54 Å². The molecule has 1 aromatic heterocycles. The summed E-state index contributed by atoms with van der Waals surface area (Å²) >= 11 is 0. The van der Waals surface area contributed by atoms with E-state index in [1.165, 1.54) is 0 Å². The van der Waals surface area contributed by atoms with Crippen LogP contribution in [0.5, 0.6) is 0 Å². The number of carboxylic acids is 1. The standard InChI is InChI=1S/C8H12N2O4/c1-5(2)3-6-9-10(4-7(11)12)8(13)14-6/h5H,3-4H2,1-2H3,(H,11,12). The second-order valence-corrected chi connectivity index (χ2v) is 3.41. The molecular formula is C8H12N2O4. The predicted octanol–water partition coefficient (Wildman–Crippen LogP) is 0.119. The van der Waals surface area contributed by atoms with Gasteiger partial charge in [0.25, 0.3) is 0 Å². The third-order valence-electron chi connectivity index (χ3n) is 1.52. The summed E-state index contributed by atoms with van der Waals surface area (Å²) < 4.78 is 5.56. The molecular weight excluding hydrogens is 188 g/mol. The topological polar surface area (TPSA) is 85.3 Å². The molecule has 14 heavy (non-hydrogen) atoms. The van der Waals surface area contributed by atoms with Crippen LogP contribution in [-0.2, 0) is 17.8 Å². The molecule has 0 aliphatic heterocycles. The molecule has 1 rings (SSSR count). The van der Waals surface area contributed by atoms with Crippen molar-refractivity contribution in [2.75, 3.05) is 0 Å². The molecule has 0 atom stereocenters. The summed E-state index contributed by atoms with van der Waals surface area (Å²) in [5, 5.41) is 12.2. The third-order valence-corrected chi connectivity index (χ3v) is 1.52. The SMILES string of the molecule is CC(C)Cc1nn(CC(=O)O)c(=O)o1. The highest BCUT2D eigenvalue weighted by Gasteiger charge is 2.11. The Labute approximate surface area is 80.2 Å². The van der Waals surface area contributed by atoms with E-state index in [2.05, 4.69) is 5.10 Å². The van der Waals surface area contributed by atoms with Crippen molar-refractivity contribution in [1.29, 1.82) is 0 Å². The first kappa shape index (κ1) is 10.5. The van der Waals surface area contributed by atoms with Crippen molar-refractivity contribution in [2.45, 2.75) is 26.8 Å². The zero-order valence-electron chi connectivity index (χ0n) is 8.06. The summed E-state index contributed by atoms with van der Waals surface area (Å²) in [7, 11) is 0. The maximum atomic E-state index is 11.0. The van der Waals surface area contributed by atoms with Gasteiger partial charge in [-0.1, -0.05) is 13.8 Å².